The highest BCUT2D eigenvalue weighted by Gasteiger charge is 2.01. The van der Waals surface area contributed by atoms with Gasteiger partial charge in [-0.05, 0) is 24.1 Å². The molecule has 0 aliphatic carbocycles. The average Bonchev–Trinajstić information content (AvgIpc) is 2.20. The van der Waals surface area contributed by atoms with E-state index >= 15 is 0 Å². The molecule has 1 aromatic rings. The van der Waals surface area contributed by atoms with Crippen LogP contribution in [0.2, 0.25) is 0 Å². The Balaban J connectivity index is 2.35. The third-order valence-electron chi connectivity index (χ3n) is 2.05. The molecule has 0 aliphatic heterocycles. The maximum atomic E-state index is 9.08. The normalized spacial score (nSPS) is 12.8. The lowest BCUT2D eigenvalue weighted by Gasteiger charge is -2.09. The smallest absolute Gasteiger partial charge is 0.0895 e. The summed E-state index contributed by atoms with van der Waals surface area (Å²) in [6, 6.07) is 1.94. The van der Waals surface area contributed by atoms with Crippen LogP contribution in [-0.2, 0) is 6.54 Å². The Bertz CT molecular complexity index is 279. The molecule has 78 valence electrons. The molecule has 1 heterocycles. The van der Waals surface area contributed by atoms with Crippen LogP contribution in [0.3, 0.4) is 0 Å². The van der Waals surface area contributed by atoms with Crippen molar-refractivity contribution in [3.05, 3.63) is 29.6 Å². The van der Waals surface area contributed by atoms with Gasteiger partial charge in [0.1, 0.15) is 0 Å². The maximum Gasteiger partial charge on any atom is 0.0895 e. The van der Waals surface area contributed by atoms with Crippen LogP contribution in [-0.4, -0.2) is 34.5 Å². The van der Waals surface area contributed by atoms with Gasteiger partial charge in [-0.2, -0.15) is 0 Å². The van der Waals surface area contributed by atoms with E-state index < -0.39 is 6.10 Å². The monoisotopic (exact) mass is 196 g/mol. The minimum atomic E-state index is -0.688. The second kappa shape index (κ2) is 5.70. The Morgan fingerprint density at radius 3 is 3.00 bits per heavy atom. The van der Waals surface area contributed by atoms with E-state index in [0.717, 1.165) is 5.56 Å². The summed E-state index contributed by atoms with van der Waals surface area (Å²) in [5.41, 5.74) is 2.28. The number of aliphatic hydroxyl groups excluding tert-OH is 2. The molecule has 3 N–H and O–H groups in total. The van der Waals surface area contributed by atoms with Crippen molar-refractivity contribution in [3.63, 3.8) is 0 Å². The van der Waals surface area contributed by atoms with E-state index in [-0.39, 0.29) is 6.61 Å². The highest BCUT2D eigenvalue weighted by atomic mass is 16.3. The summed E-state index contributed by atoms with van der Waals surface area (Å²) in [5, 5.41) is 20.7. The molecule has 0 amide bonds. The first-order chi connectivity index (χ1) is 6.74. The summed E-state index contributed by atoms with van der Waals surface area (Å²) in [6.45, 7) is 2.86. The first-order valence-corrected chi connectivity index (χ1v) is 4.63. The number of hydrogen-bond acceptors (Lipinski definition) is 4. The average molecular weight is 196 g/mol. The van der Waals surface area contributed by atoms with Crippen LogP contribution >= 0.6 is 0 Å². The number of aromatic nitrogens is 1. The maximum absolute atomic E-state index is 9.08. The van der Waals surface area contributed by atoms with E-state index in [1.54, 1.807) is 12.4 Å². The molecule has 0 radical (unpaired) electrons. The van der Waals surface area contributed by atoms with E-state index in [1.165, 1.54) is 5.56 Å². The summed E-state index contributed by atoms with van der Waals surface area (Å²) in [6.07, 6.45) is 2.86. The van der Waals surface area contributed by atoms with E-state index in [1.807, 2.05) is 13.0 Å². The lowest BCUT2D eigenvalue weighted by molar-refractivity contribution is 0.0942. The summed E-state index contributed by atoms with van der Waals surface area (Å²) in [4.78, 5) is 4.01. The van der Waals surface area contributed by atoms with Crippen molar-refractivity contribution < 1.29 is 10.2 Å². The molecule has 1 unspecified atom stereocenters. The minimum Gasteiger partial charge on any atom is -0.394 e. The molecule has 0 bridgehead atoms. The summed E-state index contributed by atoms with van der Waals surface area (Å²) in [7, 11) is 0. The first kappa shape index (κ1) is 11.1. The Hall–Kier alpha value is -0.970. The fraction of sp³-hybridized carbons (Fsp3) is 0.500. The lowest BCUT2D eigenvalue weighted by atomic mass is 10.1. The number of aryl methyl sites for hydroxylation is 1. The topological polar surface area (TPSA) is 65.4 Å². The molecule has 4 heteroatoms. The molecule has 0 spiro atoms. The van der Waals surface area contributed by atoms with Gasteiger partial charge < -0.3 is 15.5 Å². The van der Waals surface area contributed by atoms with Crippen molar-refractivity contribution in [2.24, 2.45) is 0 Å². The van der Waals surface area contributed by atoms with Crippen molar-refractivity contribution in [2.75, 3.05) is 13.2 Å². The van der Waals surface area contributed by atoms with Gasteiger partial charge in [0.15, 0.2) is 0 Å². The zero-order chi connectivity index (χ0) is 10.4. The molecule has 0 saturated carbocycles. The Labute approximate surface area is 83.6 Å². The third kappa shape index (κ3) is 3.41. The Kier molecular flexibility index (Phi) is 4.52. The lowest BCUT2D eigenvalue weighted by Crippen LogP contribution is -2.29. The second-order valence-electron chi connectivity index (χ2n) is 3.27. The van der Waals surface area contributed by atoms with Gasteiger partial charge in [0.25, 0.3) is 0 Å². The molecule has 0 fully saturated rings. The molecule has 4 nitrogen and oxygen atoms in total. The van der Waals surface area contributed by atoms with Crippen LogP contribution in [0.5, 0.6) is 0 Å². The van der Waals surface area contributed by atoms with Gasteiger partial charge in [0.2, 0.25) is 0 Å². The van der Waals surface area contributed by atoms with Crippen molar-refractivity contribution in [1.82, 2.24) is 10.3 Å². The van der Waals surface area contributed by atoms with E-state index in [9.17, 15) is 0 Å². The van der Waals surface area contributed by atoms with Gasteiger partial charge in [-0.3, -0.25) is 4.98 Å². The highest BCUT2D eigenvalue weighted by Crippen LogP contribution is 2.03. The van der Waals surface area contributed by atoms with Crippen LogP contribution < -0.4 is 5.32 Å². The molecular weight excluding hydrogens is 180 g/mol. The molecule has 1 rings (SSSR count). The molecule has 1 aromatic heterocycles. The molecular formula is C10H16N2O2. The van der Waals surface area contributed by atoms with Gasteiger partial charge >= 0.3 is 0 Å². The number of hydrogen-bond donors (Lipinski definition) is 3. The van der Waals surface area contributed by atoms with Crippen molar-refractivity contribution in [1.29, 1.82) is 0 Å². The quantitative estimate of drug-likeness (QED) is 0.612. The van der Waals surface area contributed by atoms with E-state index in [2.05, 4.69) is 10.3 Å². The Morgan fingerprint density at radius 2 is 2.36 bits per heavy atom. The van der Waals surface area contributed by atoms with E-state index in [0.29, 0.717) is 13.1 Å². The van der Waals surface area contributed by atoms with Gasteiger partial charge in [0, 0.05) is 25.5 Å². The fourth-order valence-corrected chi connectivity index (χ4v) is 1.12. The summed E-state index contributed by atoms with van der Waals surface area (Å²) >= 11 is 0. The zero-order valence-electron chi connectivity index (χ0n) is 8.27. The molecule has 1 atom stereocenters. The second-order valence-corrected chi connectivity index (χ2v) is 3.27. The number of nitrogens with one attached hydrogen (secondary N) is 1. The summed E-state index contributed by atoms with van der Waals surface area (Å²) in [5.74, 6) is 0. The Morgan fingerprint density at radius 1 is 1.57 bits per heavy atom. The first-order valence-electron chi connectivity index (χ1n) is 4.63. The van der Waals surface area contributed by atoms with Crippen LogP contribution in [0.4, 0.5) is 0 Å². The predicted octanol–water partition coefficient (Wildman–Crippen LogP) is -0.167. The van der Waals surface area contributed by atoms with Crippen LogP contribution in [0.25, 0.3) is 0 Å². The molecule has 0 aromatic carbocycles. The number of nitrogens with zero attached hydrogens (tertiary/aromatic N) is 1. The predicted molar refractivity (Wildman–Crippen MR) is 53.8 cm³/mol. The highest BCUT2D eigenvalue weighted by molar-refractivity contribution is 5.20. The number of pyridine rings is 1. The third-order valence-corrected chi connectivity index (χ3v) is 2.05. The van der Waals surface area contributed by atoms with Crippen molar-refractivity contribution in [2.45, 2.75) is 19.6 Å². The largest absolute Gasteiger partial charge is 0.394 e. The SMILES string of the molecule is Cc1ccncc1CNCC(O)CO. The van der Waals surface area contributed by atoms with Gasteiger partial charge in [-0.1, -0.05) is 0 Å². The summed E-state index contributed by atoms with van der Waals surface area (Å²) < 4.78 is 0. The molecule has 14 heavy (non-hydrogen) atoms. The standard InChI is InChI=1S/C10H16N2O2/c1-8-2-3-11-4-9(8)5-12-6-10(14)7-13/h2-4,10,12-14H,5-7H2,1H3. The van der Waals surface area contributed by atoms with Gasteiger partial charge in [-0.25, -0.2) is 0 Å². The molecule has 0 saturated heterocycles. The zero-order valence-corrected chi connectivity index (χ0v) is 8.27. The van der Waals surface area contributed by atoms with Crippen molar-refractivity contribution >= 4 is 0 Å². The van der Waals surface area contributed by atoms with Gasteiger partial charge in [0.05, 0.1) is 12.7 Å². The fourth-order valence-electron chi connectivity index (χ4n) is 1.12. The number of aliphatic hydroxyl groups is 2. The van der Waals surface area contributed by atoms with Gasteiger partial charge in [-0.15, -0.1) is 0 Å². The van der Waals surface area contributed by atoms with Crippen LogP contribution in [0.15, 0.2) is 18.5 Å². The molecule has 0 aliphatic rings. The van der Waals surface area contributed by atoms with Crippen molar-refractivity contribution in [3.8, 4) is 0 Å². The number of rotatable bonds is 5. The van der Waals surface area contributed by atoms with Crippen LogP contribution in [0, 0.1) is 6.92 Å². The van der Waals surface area contributed by atoms with E-state index in [4.69, 9.17) is 10.2 Å². The minimum absolute atomic E-state index is 0.209. The van der Waals surface area contributed by atoms with Crippen LogP contribution in [0.1, 0.15) is 11.1 Å².